The second-order valence-electron chi connectivity index (χ2n) is 3.97. The third-order valence-corrected chi connectivity index (χ3v) is 3.02. The predicted octanol–water partition coefficient (Wildman–Crippen LogP) is 2.04. The predicted molar refractivity (Wildman–Crippen MR) is 62.9 cm³/mol. The van der Waals surface area contributed by atoms with Gasteiger partial charge in [0, 0.05) is 11.6 Å². The van der Waals surface area contributed by atoms with Gasteiger partial charge < -0.3 is 16.0 Å². The second-order valence-corrected chi connectivity index (χ2v) is 3.97. The minimum Gasteiger partial charge on any atom is -0.508 e. The molecule has 2 aromatic rings. The van der Waals surface area contributed by atoms with Crippen molar-refractivity contribution in [2.24, 2.45) is 5.73 Å². The van der Waals surface area contributed by atoms with E-state index >= 15 is 0 Å². The standard InChI is InChI=1S/C12H16N2O2/c1-2-8(6-13)11-7-14(16)12-4-3-9(15)5-10(11)12/h3-5,7-8,15-16H,2,6,13H2,1H3. The van der Waals surface area contributed by atoms with Crippen LogP contribution in [0.1, 0.15) is 24.8 Å². The first-order valence-electron chi connectivity index (χ1n) is 5.40. The molecule has 0 spiro atoms. The maximum Gasteiger partial charge on any atom is 0.116 e. The van der Waals surface area contributed by atoms with Gasteiger partial charge in [0.1, 0.15) is 5.75 Å². The number of rotatable bonds is 3. The molecule has 2 rings (SSSR count). The molecule has 0 aliphatic rings. The van der Waals surface area contributed by atoms with Crippen molar-refractivity contribution in [3.8, 4) is 5.75 Å². The summed E-state index contributed by atoms with van der Waals surface area (Å²) in [6.07, 6.45) is 2.58. The van der Waals surface area contributed by atoms with Crippen molar-refractivity contribution in [2.75, 3.05) is 6.54 Å². The van der Waals surface area contributed by atoms with Crippen molar-refractivity contribution >= 4 is 10.9 Å². The topological polar surface area (TPSA) is 71.4 Å². The Bertz CT molecular complexity index is 501. The van der Waals surface area contributed by atoms with Crippen molar-refractivity contribution in [2.45, 2.75) is 19.3 Å². The van der Waals surface area contributed by atoms with E-state index in [1.807, 2.05) is 0 Å². The minimum atomic E-state index is 0.201. The summed E-state index contributed by atoms with van der Waals surface area (Å²) in [5, 5.41) is 20.0. The van der Waals surface area contributed by atoms with E-state index in [1.54, 1.807) is 24.4 Å². The summed E-state index contributed by atoms with van der Waals surface area (Å²) >= 11 is 0. The van der Waals surface area contributed by atoms with Gasteiger partial charge in [-0.3, -0.25) is 0 Å². The molecule has 0 aliphatic carbocycles. The summed E-state index contributed by atoms with van der Waals surface area (Å²) in [7, 11) is 0. The molecule has 1 atom stereocenters. The van der Waals surface area contributed by atoms with Gasteiger partial charge in [-0.2, -0.15) is 4.73 Å². The van der Waals surface area contributed by atoms with Gasteiger partial charge in [-0.15, -0.1) is 0 Å². The highest BCUT2D eigenvalue weighted by Gasteiger charge is 2.15. The number of hydrogen-bond acceptors (Lipinski definition) is 3. The average Bonchev–Trinajstić information content (AvgIpc) is 2.58. The van der Waals surface area contributed by atoms with Crippen LogP contribution in [0.25, 0.3) is 10.9 Å². The Labute approximate surface area is 93.9 Å². The van der Waals surface area contributed by atoms with E-state index in [0.29, 0.717) is 12.1 Å². The summed E-state index contributed by atoms with van der Waals surface area (Å²) in [5.74, 6) is 0.407. The Morgan fingerprint density at radius 1 is 1.44 bits per heavy atom. The van der Waals surface area contributed by atoms with Crippen LogP contribution in [0.2, 0.25) is 0 Å². The first-order valence-corrected chi connectivity index (χ1v) is 5.40. The van der Waals surface area contributed by atoms with Gasteiger partial charge in [-0.05, 0) is 42.6 Å². The molecule has 0 saturated carbocycles. The fourth-order valence-corrected chi connectivity index (χ4v) is 2.06. The Kier molecular flexibility index (Phi) is 2.75. The fourth-order valence-electron chi connectivity index (χ4n) is 2.06. The van der Waals surface area contributed by atoms with Crippen LogP contribution in [0, 0.1) is 0 Å². The number of nitrogens with zero attached hydrogens (tertiary/aromatic N) is 1. The molecule has 0 amide bonds. The molecule has 86 valence electrons. The van der Waals surface area contributed by atoms with Crippen LogP contribution in [-0.2, 0) is 0 Å². The largest absolute Gasteiger partial charge is 0.508 e. The van der Waals surface area contributed by atoms with E-state index in [-0.39, 0.29) is 11.7 Å². The zero-order chi connectivity index (χ0) is 11.7. The van der Waals surface area contributed by atoms with Crippen LogP contribution >= 0.6 is 0 Å². The lowest BCUT2D eigenvalue weighted by Gasteiger charge is -2.10. The van der Waals surface area contributed by atoms with Gasteiger partial charge in [0.2, 0.25) is 0 Å². The Balaban J connectivity index is 2.65. The van der Waals surface area contributed by atoms with E-state index in [9.17, 15) is 10.3 Å². The number of benzene rings is 1. The number of nitrogens with two attached hydrogens (primary N) is 1. The number of hydrogen-bond donors (Lipinski definition) is 3. The summed E-state index contributed by atoms with van der Waals surface area (Å²) < 4.78 is 1.09. The maximum atomic E-state index is 9.72. The Morgan fingerprint density at radius 2 is 2.19 bits per heavy atom. The number of phenolic OH excluding ortho intramolecular Hbond substituents is 1. The van der Waals surface area contributed by atoms with Crippen LogP contribution < -0.4 is 5.73 Å². The van der Waals surface area contributed by atoms with Crippen molar-refractivity contribution in [3.05, 3.63) is 30.0 Å². The van der Waals surface area contributed by atoms with Crippen LogP contribution in [-0.4, -0.2) is 21.6 Å². The van der Waals surface area contributed by atoms with Crippen LogP contribution in [0.5, 0.6) is 5.75 Å². The van der Waals surface area contributed by atoms with Gasteiger partial charge in [-0.25, -0.2) is 0 Å². The molecule has 0 fully saturated rings. The lowest BCUT2D eigenvalue weighted by molar-refractivity contribution is 0.199. The van der Waals surface area contributed by atoms with Crippen LogP contribution in [0.15, 0.2) is 24.4 Å². The van der Waals surface area contributed by atoms with E-state index < -0.39 is 0 Å². The molecule has 4 heteroatoms. The summed E-state index contributed by atoms with van der Waals surface area (Å²) in [4.78, 5) is 0. The summed E-state index contributed by atoms with van der Waals surface area (Å²) in [5.41, 5.74) is 7.38. The third-order valence-electron chi connectivity index (χ3n) is 3.02. The third kappa shape index (κ3) is 1.61. The van der Waals surface area contributed by atoms with Crippen molar-refractivity contribution in [1.82, 2.24) is 4.73 Å². The first kappa shape index (κ1) is 10.8. The molecule has 4 nitrogen and oxygen atoms in total. The van der Waals surface area contributed by atoms with Gasteiger partial charge in [0.15, 0.2) is 0 Å². The zero-order valence-electron chi connectivity index (χ0n) is 9.22. The highest BCUT2D eigenvalue weighted by molar-refractivity contribution is 5.85. The van der Waals surface area contributed by atoms with E-state index in [4.69, 9.17) is 5.73 Å². The molecule has 0 radical (unpaired) electrons. The molecule has 0 aliphatic heterocycles. The van der Waals surface area contributed by atoms with Crippen molar-refractivity contribution in [3.63, 3.8) is 0 Å². The number of fused-ring (bicyclic) bond motifs is 1. The van der Waals surface area contributed by atoms with Gasteiger partial charge in [0.05, 0.1) is 5.52 Å². The smallest absolute Gasteiger partial charge is 0.116 e. The fraction of sp³-hybridized carbons (Fsp3) is 0.333. The Morgan fingerprint density at radius 3 is 2.81 bits per heavy atom. The first-order chi connectivity index (χ1) is 7.67. The average molecular weight is 220 g/mol. The zero-order valence-corrected chi connectivity index (χ0v) is 9.22. The van der Waals surface area contributed by atoms with Gasteiger partial charge in [-0.1, -0.05) is 6.92 Å². The van der Waals surface area contributed by atoms with E-state index in [1.165, 1.54) is 0 Å². The van der Waals surface area contributed by atoms with Crippen molar-refractivity contribution in [1.29, 1.82) is 0 Å². The molecule has 1 aromatic carbocycles. The molecule has 0 bridgehead atoms. The van der Waals surface area contributed by atoms with Crippen LogP contribution in [0.4, 0.5) is 0 Å². The van der Waals surface area contributed by atoms with Gasteiger partial charge >= 0.3 is 0 Å². The molecule has 0 saturated heterocycles. The summed E-state index contributed by atoms with van der Waals surface area (Å²) in [6, 6.07) is 4.91. The monoisotopic (exact) mass is 220 g/mol. The van der Waals surface area contributed by atoms with E-state index in [0.717, 1.165) is 22.1 Å². The highest BCUT2D eigenvalue weighted by atomic mass is 16.5. The van der Waals surface area contributed by atoms with E-state index in [2.05, 4.69) is 6.92 Å². The minimum absolute atomic E-state index is 0.201. The number of aromatic hydroxyl groups is 1. The lowest BCUT2D eigenvalue weighted by Crippen LogP contribution is -2.11. The maximum absolute atomic E-state index is 9.72. The van der Waals surface area contributed by atoms with Crippen molar-refractivity contribution < 1.29 is 10.3 Å². The molecule has 1 aromatic heterocycles. The van der Waals surface area contributed by atoms with Gasteiger partial charge in [0.25, 0.3) is 0 Å². The van der Waals surface area contributed by atoms with Crippen LogP contribution in [0.3, 0.4) is 0 Å². The lowest BCUT2D eigenvalue weighted by atomic mass is 9.96. The normalized spacial score (nSPS) is 13.1. The summed E-state index contributed by atoms with van der Waals surface area (Å²) in [6.45, 7) is 2.59. The quantitative estimate of drug-likeness (QED) is 0.693. The molecular weight excluding hydrogens is 204 g/mol. The molecule has 1 heterocycles. The molecule has 1 unspecified atom stereocenters. The highest BCUT2D eigenvalue weighted by Crippen LogP contribution is 2.30. The molecule has 16 heavy (non-hydrogen) atoms. The SMILES string of the molecule is CCC(CN)c1cn(O)c2ccc(O)cc12. The number of phenols is 1. The molecule has 4 N–H and O–H groups in total. The number of aromatic nitrogens is 1. The second kappa shape index (κ2) is 4.06. The Hall–Kier alpha value is -1.68. The molecular formula is C12H16N2O2.